The predicted molar refractivity (Wildman–Crippen MR) is 120 cm³/mol. The molecule has 0 aliphatic carbocycles. The van der Waals surface area contributed by atoms with E-state index in [1.54, 1.807) is 6.92 Å². The predicted octanol–water partition coefficient (Wildman–Crippen LogP) is 2.20. The molecular weight excluding hydrogens is 430 g/mol. The van der Waals surface area contributed by atoms with Crippen molar-refractivity contribution in [2.75, 3.05) is 52.8 Å². The number of nitrogens with zero attached hydrogens (tertiary/aromatic N) is 4. The van der Waals surface area contributed by atoms with Crippen molar-refractivity contribution in [2.24, 2.45) is 0 Å². The summed E-state index contributed by atoms with van der Waals surface area (Å²) in [6.45, 7) is 10.7. The van der Waals surface area contributed by atoms with E-state index in [0.29, 0.717) is 64.4 Å². The van der Waals surface area contributed by atoms with E-state index in [-0.39, 0.29) is 0 Å². The Labute approximate surface area is 194 Å². The Bertz CT molecular complexity index is 812. The number of alkyl carbamates (subject to hydrolysis) is 1. The number of rotatable bonds is 14. The summed E-state index contributed by atoms with van der Waals surface area (Å²) in [6.07, 6.45) is -0.451. The van der Waals surface area contributed by atoms with Gasteiger partial charge in [0.25, 0.3) is 0 Å². The van der Waals surface area contributed by atoms with Crippen LogP contribution < -0.4 is 10.1 Å². The van der Waals surface area contributed by atoms with E-state index in [1.165, 1.54) is 0 Å². The molecule has 1 aromatic heterocycles. The molecule has 0 fully saturated rings. The monoisotopic (exact) mass is 463 g/mol. The fourth-order valence-electron chi connectivity index (χ4n) is 2.39. The molecule has 0 saturated heterocycles. The molecule has 0 saturated carbocycles. The molecule has 2 aromatic rings. The maximum atomic E-state index is 11.5. The molecule has 0 bridgehead atoms. The van der Waals surface area contributed by atoms with E-state index in [1.807, 2.05) is 45.0 Å². The Kier molecular flexibility index (Phi) is 11.4. The summed E-state index contributed by atoms with van der Waals surface area (Å²) >= 11 is 0. The van der Waals surface area contributed by atoms with E-state index >= 15 is 0 Å². The van der Waals surface area contributed by atoms with Gasteiger partial charge >= 0.3 is 6.09 Å². The number of hydrogen-bond acceptors (Lipinski definition) is 10. The molecule has 1 amide bonds. The lowest BCUT2D eigenvalue weighted by molar-refractivity contribution is 0.00904. The summed E-state index contributed by atoms with van der Waals surface area (Å²) in [5.41, 5.74) is 0.311. The molecule has 33 heavy (non-hydrogen) atoms. The molecule has 1 N–H and O–H groups in total. The van der Waals surface area contributed by atoms with Crippen LogP contribution in [0, 0.1) is 6.92 Å². The van der Waals surface area contributed by atoms with Crippen molar-refractivity contribution in [3.63, 3.8) is 0 Å². The van der Waals surface area contributed by atoms with Gasteiger partial charge in [0.05, 0.1) is 39.6 Å². The van der Waals surface area contributed by atoms with E-state index in [4.69, 9.17) is 23.7 Å². The lowest BCUT2D eigenvalue weighted by Gasteiger charge is -2.19. The van der Waals surface area contributed by atoms with Crippen LogP contribution in [0.2, 0.25) is 0 Å². The molecule has 2 rings (SSSR count). The largest absolute Gasteiger partial charge is 0.491 e. The van der Waals surface area contributed by atoms with Crippen molar-refractivity contribution < 1.29 is 28.5 Å². The minimum absolute atomic E-state index is 0.384. The molecule has 0 unspecified atom stereocenters. The average molecular weight is 464 g/mol. The average Bonchev–Trinajstić information content (AvgIpc) is 2.77. The Morgan fingerprint density at radius 2 is 1.36 bits per heavy atom. The smallest absolute Gasteiger partial charge is 0.407 e. The zero-order valence-electron chi connectivity index (χ0n) is 19.7. The number of ether oxygens (including phenoxy) is 5. The first-order valence-corrected chi connectivity index (χ1v) is 10.8. The van der Waals surface area contributed by atoms with Crippen LogP contribution in [0.15, 0.2) is 24.3 Å². The Morgan fingerprint density at radius 3 is 1.94 bits per heavy atom. The molecule has 0 atom stereocenters. The van der Waals surface area contributed by atoms with Gasteiger partial charge in [0.2, 0.25) is 5.82 Å². The highest BCUT2D eigenvalue weighted by Gasteiger charge is 2.15. The van der Waals surface area contributed by atoms with Crippen LogP contribution in [0.4, 0.5) is 4.79 Å². The fraction of sp³-hybridized carbons (Fsp3) is 0.591. The van der Waals surface area contributed by atoms with Crippen LogP contribution in [0.5, 0.6) is 5.75 Å². The molecule has 1 aromatic carbocycles. The van der Waals surface area contributed by atoms with Crippen molar-refractivity contribution in [1.82, 2.24) is 25.7 Å². The Morgan fingerprint density at radius 1 is 0.818 bits per heavy atom. The van der Waals surface area contributed by atoms with Gasteiger partial charge in [0, 0.05) is 12.1 Å². The van der Waals surface area contributed by atoms with Crippen molar-refractivity contribution in [3.05, 3.63) is 30.1 Å². The van der Waals surface area contributed by atoms with Crippen molar-refractivity contribution in [3.8, 4) is 17.1 Å². The zero-order chi connectivity index (χ0) is 23.9. The van der Waals surface area contributed by atoms with Gasteiger partial charge in [0.1, 0.15) is 18.0 Å². The first kappa shape index (κ1) is 26.4. The van der Waals surface area contributed by atoms with Gasteiger partial charge in [-0.3, -0.25) is 0 Å². The number of hydrogen-bond donors (Lipinski definition) is 1. The first-order valence-electron chi connectivity index (χ1n) is 10.8. The molecule has 11 heteroatoms. The second-order valence-electron chi connectivity index (χ2n) is 7.91. The number of nitrogens with one attached hydrogen (secondary N) is 1. The lowest BCUT2D eigenvalue weighted by Crippen LogP contribution is -2.34. The van der Waals surface area contributed by atoms with Crippen LogP contribution in [-0.4, -0.2) is 84.9 Å². The van der Waals surface area contributed by atoms with Crippen LogP contribution in [0.3, 0.4) is 0 Å². The van der Waals surface area contributed by atoms with Gasteiger partial charge in [0.15, 0.2) is 5.82 Å². The third-order valence-corrected chi connectivity index (χ3v) is 3.85. The van der Waals surface area contributed by atoms with Crippen LogP contribution in [-0.2, 0) is 18.9 Å². The minimum atomic E-state index is -0.507. The molecule has 182 valence electrons. The summed E-state index contributed by atoms with van der Waals surface area (Å²) in [5, 5.41) is 18.4. The van der Waals surface area contributed by atoms with Crippen molar-refractivity contribution >= 4 is 6.09 Å². The normalized spacial score (nSPS) is 11.3. The highest BCUT2D eigenvalue weighted by Crippen LogP contribution is 2.18. The van der Waals surface area contributed by atoms with Gasteiger partial charge in [-0.15, -0.1) is 20.4 Å². The summed E-state index contributed by atoms with van der Waals surface area (Å²) in [7, 11) is 0. The molecule has 0 aliphatic heterocycles. The van der Waals surface area contributed by atoms with E-state index in [9.17, 15) is 4.79 Å². The summed E-state index contributed by atoms with van der Waals surface area (Å²) < 4.78 is 27.1. The third-order valence-electron chi connectivity index (χ3n) is 3.85. The van der Waals surface area contributed by atoms with Crippen molar-refractivity contribution in [1.29, 1.82) is 0 Å². The quantitative estimate of drug-likeness (QED) is 0.417. The van der Waals surface area contributed by atoms with Gasteiger partial charge in [-0.1, -0.05) is 0 Å². The highest BCUT2D eigenvalue weighted by atomic mass is 16.6. The molecule has 1 heterocycles. The van der Waals surface area contributed by atoms with E-state index < -0.39 is 11.7 Å². The fourth-order valence-corrected chi connectivity index (χ4v) is 2.39. The Balaban J connectivity index is 1.41. The summed E-state index contributed by atoms with van der Waals surface area (Å²) in [5.74, 6) is 1.73. The molecule has 0 aliphatic rings. The Hall–Kier alpha value is -2.89. The van der Waals surface area contributed by atoms with E-state index in [0.717, 1.165) is 11.3 Å². The summed E-state index contributed by atoms with van der Waals surface area (Å²) in [6, 6.07) is 7.39. The number of benzene rings is 1. The number of aryl methyl sites for hydroxylation is 1. The highest BCUT2D eigenvalue weighted by molar-refractivity contribution is 5.67. The number of carbonyl (C=O) groups excluding carboxylic acids is 1. The molecule has 0 spiro atoms. The van der Waals surface area contributed by atoms with Gasteiger partial charge < -0.3 is 29.0 Å². The van der Waals surface area contributed by atoms with Crippen LogP contribution >= 0.6 is 0 Å². The second-order valence-corrected chi connectivity index (χ2v) is 7.91. The number of aromatic nitrogens is 4. The molecular formula is C22H33N5O6. The minimum Gasteiger partial charge on any atom is -0.491 e. The van der Waals surface area contributed by atoms with E-state index in [2.05, 4.69) is 25.7 Å². The van der Waals surface area contributed by atoms with Gasteiger partial charge in [-0.05, 0) is 52.0 Å². The van der Waals surface area contributed by atoms with Gasteiger partial charge in [-0.25, -0.2) is 4.79 Å². The lowest BCUT2D eigenvalue weighted by atomic mass is 10.2. The summed E-state index contributed by atoms with van der Waals surface area (Å²) in [4.78, 5) is 11.5. The zero-order valence-corrected chi connectivity index (χ0v) is 19.7. The molecule has 0 radical (unpaired) electrons. The number of carbonyl (C=O) groups is 1. The SMILES string of the molecule is Cc1nnc(-c2ccc(OCCOCCOCCOCCNC(=O)OC(C)(C)C)cc2)nn1. The van der Waals surface area contributed by atoms with Gasteiger partial charge in [-0.2, -0.15) is 0 Å². The van der Waals surface area contributed by atoms with Crippen LogP contribution in [0.25, 0.3) is 11.4 Å². The number of amides is 1. The third kappa shape index (κ3) is 12.1. The van der Waals surface area contributed by atoms with Crippen molar-refractivity contribution in [2.45, 2.75) is 33.3 Å². The standard InChI is InChI=1S/C22H33N5O6/c1-17-24-26-20(27-25-17)18-5-7-19(8-6-18)32-16-15-31-14-13-30-12-11-29-10-9-23-21(28)33-22(2,3)4/h5-8H,9-16H2,1-4H3,(H,23,28). The second kappa shape index (κ2) is 14.3. The maximum absolute atomic E-state index is 11.5. The molecule has 11 nitrogen and oxygen atoms in total. The maximum Gasteiger partial charge on any atom is 0.407 e. The topological polar surface area (TPSA) is 127 Å². The first-order chi connectivity index (χ1) is 15.8. The van der Waals surface area contributed by atoms with Crippen LogP contribution in [0.1, 0.15) is 26.6 Å².